The molecule has 1 atom stereocenters. The molecule has 52 heavy (non-hydrogen) atoms. The smallest absolute Gasteiger partial charge is 0.323 e. The number of hydrogen-bond acceptors (Lipinski definition) is 9. The monoisotopic (exact) mass is 747 g/mol. The Morgan fingerprint density at radius 2 is 1.58 bits per heavy atom. The van der Waals surface area contributed by atoms with Gasteiger partial charge in [-0.3, -0.25) is 8.87 Å². The van der Waals surface area contributed by atoms with Crippen LogP contribution in [0.1, 0.15) is 26.3 Å². The highest BCUT2D eigenvalue weighted by Crippen LogP contribution is 2.42. The molecule has 0 saturated carbocycles. The highest BCUT2D eigenvalue weighted by molar-refractivity contribution is 7.92. The molecule has 15 heteroatoms. The van der Waals surface area contributed by atoms with E-state index in [-0.39, 0.29) is 22.2 Å². The van der Waals surface area contributed by atoms with Gasteiger partial charge in [0.15, 0.2) is 5.75 Å². The van der Waals surface area contributed by atoms with Gasteiger partial charge >= 0.3 is 6.03 Å². The number of ether oxygens (including phenoxy) is 3. The van der Waals surface area contributed by atoms with Crippen LogP contribution in [0.3, 0.4) is 0 Å². The van der Waals surface area contributed by atoms with E-state index in [1.165, 1.54) is 27.9 Å². The number of aromatic nitrogens is 1. The topological polar surface area (TPSA) is 168 Å². The Balaban J connectivity index is 1.40. The molecule has 1 aromatic heterocycles. The molecule has 274 valence electrons. The van der Waals surface area contributed by atoms with Gasteiger partial charge < -0.3 is 35.1 Å². The number of methoxy groups -OCH3 is 2. The van der Waals surface area contributed by atoms with E-state index in [0.29, 0.717) is 45.5 Å². The van der Waals surface area contributed by atoms with Crippen LogP contribution in [0.15, 0.2) is 85.1 Å². The third kappa shape index (κ3) is 8.59. The number of sulfonamides is 1. The Morgan fingerprint density at radius 3 is 2.21 bits per heavy atom. The summed E-state index contributed by atoms with van der Waals surface area (Å²) in [7, 11) is -2.88. The summed E-state index contributed by atoms with van der Waals surface area (Å²) in [6.07, 6.45) is 2.68. The second kappa shape index (κ2) is 14.7. The standard InChI is InChI=1S/C37H42N5O8PS/c1-37(2,3)23-19-29(35(49-6)30(20-23)42(4)52(8,46)47)41-36(43)40-28-14-15-31(27-12-10-9-11-26(27)28)50-25-17-18-38-34(22-25)39-24-13-16-33(51(7,44)45)32(21-24)48-5/h9-22H,1-8H3,(H,38,39)(H,44,45)(H2,40,41,43). The van der Waals surface area contributed by atoms with Crippen molar-refractivity contribution in [3.63, 3.8) is 0 Å². The fourth-order valence-electron chi connectivity index (χ4n) is 5.43. The number of anilines is 5. The number of carbonyl (C=O) groups excluding carboxylic acids is 1. The molecular formula is C37H42N5O8PS. The number of amides is 2. The van der Waals surface area contributed by atoms with Crippen LogP contribution >= 0.6 is 7.37 Å². The Morgan fingerprint density at radius 1 is 0.885 bits per heavy atom. The first kappa shape index (κ1) is 37.9. The number of nitrogens with one attached hydrogen (secondary N) is 3. The predicted molar refractivity (Wildman–Crippen MR) is 208 cm³/mol. The van der Waals surface area contributed by atoms with Crippen LogP contribution in [-0.4, -0.2) is 58.5 Å². The molecule has 0 spiro atoms. The summed E-state index contributed by atoms with van der Waals surface area (Å²) in [5.41, 5.74) is 2.13. The number of pyridine rings is 1. The molecule has 0 fully saturated rings. The number of nitrogens with zero attached hydrogens (tertiary/aromatic N) is 2. The van der Waals surface area contributed by atoms with E-state index < -0.39 is 23.4 Å². The van der Waals surface area contributed by atoms with Crippen molar-refractivity contribution in [1.29, 1.82) is 0 Å². The van der Waals surface area contributed by atoms with Crippen LogP contribution in [0.4, 0.5) is 33.4 Å². The number of benzene rings is 4. The van der Waals surface area contributed by atoms with Gasteiger partial charge in [-0.15, -0.1) is 0 Å². The second-order valence-electron chi connectivity index (χ2n) is 13.2. The van der Waals surface area contributed by atoms with E-state index in [0.717, 1.165) is 21.5 Å². The van der Waals surface area contributed by atoms with E-state index >= 15 is 0 Å². The number of fused-ring (bicyclic) bond motifs is 1. The van der Waals surface area contributed by atoms with Crippen molar-refractivity contribution in [2.24, 2.45) is 0 Å². The van der Waals surface area contributed by atoms with Crippen LogP contribution < -0.4 is 39.8 Å². The summed E-state index contributed by atoms with van der Waals surface area (Å²) in [5.74, 6) is 1.95. The van der Waals surface area contributed by atoms with Crippen LogP contribution in [-0.2, 0) is 20.0 Å². The number of urea groups is 1. The Bertz CT molecular complexity index is 2300. The van der Waals surface area contributed by atoms with Crippen LogP contribution in [0, 0.1) is 0 Å². The Hall–Kier alpha value is -5.30. The van der Waals surface area contributed by atoms with Crippen molar-refractivity contribution in [2.45, 2.75) is 26.2 Å². The summed E-state index contributed by atoms with van der Waals surface area (Å²) >= 11 is 0. The minimum absolute atomic E-state index is 0.198. The van der Waals surface area contributed by atoms with Gasteiger partial charge in [-0.05, 0) is 53.4 Å². The molecule has 13 nitrogen and oxygen atoms in total. The fourth-order valence-corrected chi connectivity index (χ4v) is 6.84. The molecule has 0 aliphatic heterocycles. The lowest BCUT2D eigenvalue weighted by molar-refractivity contribution is 0.262. The summed E-state index contributed by atoms with van der Waals surface area (Å²) in [6.45, 7) is 7.22. The van der Waals surface area contributed by atoms with Crippen molar-refractivity contribution >= 4 is 68.1 Å². The van der Waals surface area contributed by atoms with E-state index in [1.807, 2.05) is 45.0 Å². The normalized spacial score (nSPS) is 12.8. The van der Waals surface area contributed by atoms with Gasteiger partial charge in [-0.2, -0.15) is 0 Å². The van der Waals surface area contributed by atoms with Crippen molar-refractivity contribution in [2.75, 3.05) is 54.4 Å². The molecule has 0 aliphatic rings. The molecule has 0 saturated heterocycles. The lowest BCUT2D eigenvalue weighted by Crippen LogP contribution is -2.27. The molecule has 0 radical (unpaired) electrons. The van der Waals surface area contributed by atoms with Crippen molar-refractivity contribution in [3.05, 3.63) is 90.6 Å². The van der Waals surface area contributed by atoms with Crippen molar-refractivity contribution in [3.8, 4) is 23.0 Å². The van der Waals surface area contributed by atoms with Gasteiger partial charge in [-0.1, -0.05) is 45.0 Å². The quantitative estimate of drug-likeness (QED) is 0.0985. The molecule has 4 N–H and O–H groups in total. The summed E-state index contributed by atoms with van der Waals surface area (Å²) in [5, 5.41) is 10.6. The summed E-state index contributed by atoms with van der Waals surface area (Å²) in [4.78, 5) is 27.9. The maximum atomic E-state index is 13.5. The van der Waals surface area contributed by atoms with E-state index in [2.05, 4.69) is 20.9 Å². The zero-order chi connectivity index (χ0) is 38.0. The average molecular weight is 748 g/mol. The SMILES string of the molecule is COc1cc(Nc2cc(Oc3ccc(NC(=O)Nc4cc(C(C)(C)C)cc(N(C)S(C)(=O)=O)c4OC)c4ccccc34)ccn2)ccc1P(C)(=O)O. The number of rotatable bonds is 11. The minimum Gasteiger partial charge on any atom is -0.496 e. The number of carbonyl (C=O) groups is 1. The average Bonchev–Trinajstić information content (AvgIpc) is 3.07. The lowest BCUT2D eigenvalue weighted by Gasteiger charge is -2.27. The second-order valence-corrected chi connectivity index (χ2v) is 17.4. The lowest BCUT2D eigenvalue weighted by atomic mass is 9.86. The van der Waals surface area contributed by atoms with Crippen molar-refractivity contribution in [1.82, 2.24) is 4.98 Å². The third-order valence-corrected chi connectivity index (χ3v) is 10.7. The first-order valence-electron chi connectivity index (χ1n) is 16.0. The maximum Gasteiger partial charge on any atom is 0.323 e. The van der Waals surface area contributed by atoms with E-state index in [1.54, 1.807) is 60.8 Å². The largest absolute Gasteiger partial charge is 0.496 e. The van der Waals surface area contributed by atoms with Crippen LogP contribution in [0.2, 0.25) is 0 Å². The first-order valence-corrected chi connectivity index (χ1v) is 20.0. The van der Waals surface area contributed by atoms with E-state index in [4.69, 9.17) is 14.2 Å². The minimum atomic E-state index is -3.64. The molecule has 2 amide bonds. The Kier molecular flexibility index (Phi) is 10.8. The van der Waals surface area contributed by atoms with Gasteiger partial charge in [-0.25, -0.2) is 18.2 Å². The molecular weight excluding hydrogens is 705 g/mol. The van der Waals surface area contributed by atoms with Gasteiger partial charge in [0.2, 0.25) is 17.4 Å². The van der Waals surface area contributed by atoms with Crippen LogP contribution in [0.25, 0.3) is 10.8 Å². The zero-order valence-electron chi connectivity index (χ0n) is 30.1. The maximum absolute atomic E-state index is 13.5. The molecule has 1 unspecified atom stereocenters. The molecule has 4 aromatic carbocycles. The predicted octanol–water partition coefficient (Wildman–Crippen LogP) is 7.65. The van der Waals surface area contributed by atoms with Gasteiger partial charge in [0, 0.05) is 48.5 Å². The van der Waals surface area contributed by atoms with Crippen LogP contribution in [0.5, 0.6) is 23.0 Å². The Labute approximate surface area is 303 Å². The van der Waals surface area contributed by atoms with Gasteiger partial charge in [0.05, 0.1) is 42.8 Å². The van der Waals surface area contributed by atoms with Gasteiger partial charge in [0.1, 0.15) is 23.1 Å². The number of hydrogen-bond donors (Lipinski definition) is 4. The zero-order valence-corrected chi connectivity index (χ0v) is 31.8. The molecule has 5 rings (SSSR count). The molecule has 0 bridgehead atoms. The first-order chi connectivity index (χ1) is 24.4. The highest BCUT2D eigenvalue weighted by atomic mass is 32.2. The van der Waals surface area contributed by atoms with Crippen molar-refractivity contribution < 1.29 is 36.9 Å². The fraction of sp³-hybridized carbons (Fsp3) is 0.243. The molecule has 5 aromatic rings. The summed E-state index contributed by atoms with van der Waals surface area (Å²) < 4.78 is 55.6. The molecule has 1 heterocycles. The van der Waals surface area contributed by atoms with Gasteiger partial charge in [0.25, 0.3) is 0 Å². The third-order valence-electron chi connectivity index (χ3n) is 8.21. The highest BCUT2D eigenvalue weighted by Gasteiger charge is 2.26. The summed E-state index contributed by atoms with van der Waals surface area (Å²) in [6, 6.07) is 22.1. The van der Waals surface area contributed by atoms with E-state index in [9.17, 15) is 22.7 Å². The molecule has 0 aliphatic carbocycles.